The highest BCUT2D eigenvalue weighted by Gasteiger charge is 2.14. The van der Waals surface area contributed by atoms with E-state index in [0.717, 1.165) is 5.56 Å². The van der Waals surface area contributed by atoms with Gasteiger partial charge in [-0.2, -0.15) is 4.98 Å². The molecule has 0 spiro atoms. The number of imidazole rings is 1. The molecule has 0 fully saturated rings. The van der Waals surface area contributed by atoms with E-state index in [9.17, 15) is 9.18 Å². The summed E-state index contributed by atoms with van der Waals surface area (Å²) in [5.41, 5.74) is 1.53. The number of H-pyrrole nitrogens is 1. The van der Waals surface area contributed by atoms with Crippen LogP contribution < -0.4 is 10.4 Å². The maximum Gasteiger partial charge on any atom is 0.332 e. The van der Waals surface area contributed by atoms with E-state index in [1.165, 1.54) is 16.7 Å². The van der Waals surface area contributed by atoms with Gasteiger partial charge in [-0.05, 0) is 23.8 Å². The lowest BCUT2D eigenvalue weighted by atomic mass is 10.2. The van der Waals surface area contributed by atoms with Crippen LogP contribution in [-0.2, 0) is 6.61 Å². The zero-order chi connectivity index (χ0) is 17.2. The van der Waals surface area contributed by atoms with E-state index >= 15 is 0 Å². The fourth-order valence-corrected chi connectivity index (χ4v) is 2.63. The highest BCUT2D eigenvalue weighted by Crippen LogP contribution is 2.19. The number of para-hydroxylation sites is 1. The highest BCUT2D eigenvalue weighted by atomic mass is 19.1. The van der Waals surface area contributed by atoms with Crippen LogP contribution in [0.4, 0.5) is 4.39 Å². The van der Waals surface area contributed by atoms with Crippen molar-refractivity contribution in [2.45, 2.75) is 6.61 Å². The SMILES string of the molecule is O=c1[nH]c2ccc(OCc3ccccc3)nc2n1-c1ccccc1F. The average Bonchev–Trinajstić information content (AvgIpc) is 2.96. The van der Waals surface area contributed by atoms with Crippen LogP contribution in [0.2, 0.25) is 0 Å². The molecule has 0 saturated carbocycles. The third kappa shape index (κ3) is 2.89. The topological polar surface area (TPSA) is 59.9 Å². The fourth-order valence-electron chi connectivity index (χ4n) is 2.63. The Morgan fingerprint density at radius 3 is 2.56 bits per heavy atom. The van der Waals surface area contributed by atoms with Gasteiger partial charge in [0.05, 0.1) is 11.2 Å². The first-order valence-electron chi connectivity index (χ1n) is 7.76. The number of ether oxygens (including phenoxy) is 1. The Kier molecular flexibility index (Phi) is 3.78. The molecule has 1 N–H and O–H groups in total. The molecule has 0 aliphatic rings. The molecule has 25 heavy (non-hydrogen) atoms. The molecule has 124 valence electrons. The number of fused-ring (bicyclic) bond motifs is 1. The molecule has 2 aromatic heterocycles. The first-order chi connectivity index (χ1) is 12.2. The lowest BCUT2D eigenvalue weighted by Crippen LogP contribution is -2.16. The van der Waals surface area contributed by atoms with E-state index in [1.54, 1.807) is 24.3 Å². The van der Waals surface area contributed by atoms with Crippen LogP contribution in [0, 0.1) is 5.82 Å². The molecule has 0 aliphatic heterocycles. The van der Waals surface area contributed by atoms with Crippen LogP contribution in [0.3, 0.4) is 0 Å². The number of pyridine rings is 1. The highest BCUT2D eigenvalue weighted by molar-refractivity contribution is 5.73. The second-order valence-corrected chi connectivity index (χ2v) is 5.51. The minimum absolute atomic E-state index is 0.145. The van der Waals surface area contributed by atoms with E-state index in [4.69, 9.17) is 4.74 Å². The molecule has 0 radical (unpaired) electrons. The van der Waals surface area contributed by atoms with Crippen LogP contribution >= 0.6 is 0 Å². The zero-order valence-electron chi connectivity index (χ0n) is 13.1. The molecule has 4 rings (SSSR count). The summed E-state index contributed by atoms with van der Waals surface area (Å²) in [6.45, 7) is 0.355. The number of halogens is 1. The van der Waals surface area contributed by atoms with Crippen molar-refractivity contribution < 1.29 is 9.13 Å². The van der Waals surface area contributed by atoms with E-state index in [1.807, 2.05) is 30.3 Å². The second kappa shape index (κ2) is 6.24. The van der Waals surface area contributed by atoms with Crippen molar-refractivity contribution in [1.29, 1.82) is 0 Å². The Balaban J connectivity index is 1.74. The summed E-state index contributed by atoms with van der Waals surface area (Å²) in [5.74, 6) is -0.136. The molecule has 0 aliphatic carbocycles. The third-order valence-electron chi connectivity index (χ3n) is 3.83. The molecular weight excluding hydrogens is 321 g/mol. The minimum atomic E-state index is -0.497. The van der Waals surface area contributed by atoms with Crippen LogP contribution in [0.15, 0.2) is 71.5 Å². The van der Waals surface area contributed by atoms with Gasteiger partial charge in [-0.25, -0.2) is 13.8 Å². The number of hydrogen-bond acceptors (Lipinski definition) is 3. The summed E-state index contributed by atoms with van der Waals surface area (Å²) < 4.78 is 21.0. The van der Waals surface area contributed by atoms with Crippen molar-refractivity contribution in [2.24, 2.45) is 0 Å². The number of nitrogens with zero attached hydrogens (tertiary/aromatic N) is 2. The van der Waals surface area contributed by atoms with Crippen LogP contribution in [0.25, 0.3) is 16.9 Å². The Bertz CT molecular complexity index is 1090. The molecule has 2 aromatic carbocycles. The summed E-state index contributed by atoms with van der Waals surface area (Å²) >= 11 is 0. The molecule has 6 heteroatoms. The van der Waals surface area contributed by atoms with Gasteiger partial charge in [0.25, 0.3) is 0 Å². The van der Waals surface area contributed by atoms with Crippen molar-refractivity contribution in [1.82, 2.24) is 14.5 Å². The van der Waals surface area contributed by atoms with Crippen molar-refractivity contribution in [3.63, 3.8) is 0 Å². The van der Waals surface area contributed by atoms with Gasteiger partial charge < -0.3 is 9.72 Å². The van der Waals surface area contributed by atoms with E-state index < -0.39 is 11.5 Å². The van der Waals surface area contributed by atoms with Gasteiger partial charge in [0, 0.05) is 6.07 Å². The predicted octanol–water partition coefficient (Wildman–Crippen LogP) is 3.43. The zero-order valence-corrected chi connectivity index (χ0v) is 13.1. The molecular formula is C19H14FN3O2. The van der Waals surface area contributed by atoms with E-state index in [0.29, 0.717) is 23.7 Å². The Hall–Kier alpha value is -3.41. The standard InChI is InChI=1S/C19H14FN3O2/c20-14-8-4-5-9-16(14)23-18-15(21-19(23)24)10-11-17(22-18)25-12-13-6-2-1-3-7-13/h1-11H,12H2,(H,21,24). The Labute approximate surface area is 142 Å². The van der Waals surface area contributed by atoms with Gasteiger partial charge in [0.2, 0.25) is 5.88 Å². The normalized spacial score (nSPS) is 10.9. The van der Waals surface area contributed by atoms with Crippen molar-refractivity contribution in [2.75, 3.05) is 0 Å². The van der Waals surface area contributed by atoms with Gasteiger partial charge in [-0.15, -0.1) is 0 Å². The summed E-state index contributed by atoms with van der Waals surface area (Å²) in [7, 11) is 0. The number of hydrogen-bond donors (Lipinski definition) is 1. The van der Waals surface area contributed by atoms with Gasteiger partial charge in [0.1, 0.15) is 12.4 Å². The minimum Gasteiger partial charge on any atom is -0.473 e. The first-order valence-corrected chi connectivity index (χ1v) is 7.76. The average molecular weight is 335 g/mol. The smallest absolute Gasteiger partial charge is 0.332 e. The van der Waals surface area contributed by atoms with Crippen LogP contribution in [-0.4, -0.2) is 14.5 Å². The number of aromatic nitrogens is 3. The van der Waals surface area contributed by atoms with Crippen molar-refractivity contribution in [3.05, 3.63) is 88.6 Å². The first kappa shape index (κ1) is 15.1. The van der Waals surface area contributed by atoms with Crippen molar-refractivity contribution in [3.8, 4) is 11.6 Å². The maximum atomic E-state index is 14.1. The lowest BCUT2D eigenvalue weighted by molar-refractivity contribution is 0.295. The van der Waals surface area contributed by atoms with Crippen molar-refractivity contribution >= 4 is 11.2 Å². The van der Waals surface area contributed by atoms with E-state index in [2.05, 4.69) is 9.97 Å². The summed E-state index contributed by atoms with van der Waals surface area (Å²) in [6, 6.07) is 19.1. The van der Waals surface area contributed by atoms with Gasteiger partial charge in [-0.3, -0.25) is 0 Å². The third-order valence-corrected chi connectivity index (χ3v) is 3.83. The number of rotatable bonds is 4. The molecule has 4 aromatic rings. The van der Waals surface area contributed by atoms with Gasteiger partial charge in [-0.1, -0.05) is 42.5 Å². The summed E-state index contributed by atoms with van der Waals surface area (Å²) in [5, 5.41) is 0. The molecule has 2 heterocycles. The summed E-state index contributed by atoms with van der Waals surface area (Å²) in [4.78, 5) is 19.3. The maximum absolute atomic E-state index is 14.1. The predicted molar refractivity (Wildman–Crippen MR) is 92.4 cm³/mol. The Morgan fingerprint density at radius 1 is 1.00 bits per heavy atom. The molecule has 0 saturated heterocycles. The van der Waals surface area contributed by atoms with Gasteiger partial charge >= 0.3 is 5.69 Å². The number of nitrogens with one attached hydrogen (secondary N) is 1. The second-order valence-electron chi connectivity index (χ2n) is 5.51. The number of benzene rings is 2. The van der Waals surface area contributed by atoms with Crippen LogP contribution in [0.1, 0.15) is 5.56 Å². The molecule has 0 bridgehead atoms. The number of aromatic amines is 1. The Morgan fingerprint density at radius 2 is 1.76 bits per heavy atom. The monoisotopic (exact) mass is 335 g/mol. The summed E-state index contributed by atoms with van der Waals surface area (Å²) in [6.07, 6.45) is 0. The molecule has 5 nitrogen and oxygen atoms in total. The largest absolute Gasteiger partial charge is 0.473 e. The molecule has 0 amide bonds. The van der Waals surface area contributed by atoms with E-state index in [-0.39, 0.29) is 5.69 Å². The molecule has 0 atom stereocenters. The van der Waals surface area contributed by atoms with Crippen LogP contribution in [0.5, 0.6) is 5.88 Å². The van der Waals surface area contributed by atoms with Gasteiger partial charge in [0.15, 0.2) is 5.65 Å². The fraction of sp³-hybridized carbons (Fsp3) is 0.0526. The quantitative estimate of drug-likeness (QED) is 0.621. The lowest BCUT2D eigenvalue weighted by Gasteiger charge is -2.07. The molecule has 0 unspecified atom stereocenters.